The molecule has 1 unspecified atom stereocenters. The largest absolute Gasteiger partial charge is 0.495 e. The van der Waals surface area contributed by atoms with Crippen LogP contribution in [0, 0.1) is 6.92 Å². The van der Waals surface area contributed by atoms with Crippen LogP contribution in [0.5, 0.6) is 5.75 Å². The summed E-state index contributed by atoms with van der Waals surface area (Å²) in [6.45, 7) is 3.65. The van der Waals surface area contributed by atoms with E-state index in [1.807, 2.05) is 13.0 Å². The van der Waals surface area contributed by atoms with Crippen LogP contribution in [-0.4, -0.2) is 34.4 Å². The molecule has 2 heterocycles. The van der Waals surface area contributed by atoms with Gasteiger partial charge in [-0.3, -0.25) is 9.48 Å². The van der Waals surface area contributed by atoms with E-state index < -0.39 is 5.60 Å². The highest BCUT2D eigenvalue weighted by molar-refractivity contribution is 7.14. The van der Waals surface area contributed by atoms with Crippen LogP contribution in [0.1, 0.15) is 27.0 Å². The molecule has 2 rings (SSSR count). The van der Waals surface area contributed by atoms with Crippen molar-refractivity contribution in [3.05, 3.63) is 33.8 Å². The van der Waals surface area contributed by atoms with Gasteiger partial charge < -0.3 is 15.2 Å². The van der Waals surface area contributed by atoms with Gasteiger partial charge in [0.2, 0.25) is 0 Å². The lowest BCUT2D eigenvalue weighted by atomic mass is 10.00. The number of hydrogen-bond acceptors (Lipinski definition) is 5. The lowest BCUT2D eigenvalue weighted by molar-refractivity contribution is 0.0526. The van der Waals surface area contributed by atoms with Gasteiger partial charge in [-0.25, -0.2) is 0 Å². The predicted octanol–water partition coefficient (Wildman–Crippen LogP) is 1.44. The van der Waals surface area contributed by atoms with Crippen molar-refractivity contribution in [3.63, 3.8) is 0 Å². The van der Waals surface area contributed by atoms with E-state index in [4.69, 9.17) is 4.74 Å². The molecule has 114 valence electrons. The van der Waals surface area contributed by atoms with Gasteiger partial charge in [-0.1, -0.05) is 0 Å². The highest BCUT2D eigenvalue weighted by atomic mass is 32.1. The summed E-state index contributed by atoms with van der Waals surface area (Å²) in [7, 11) is 3.31. The number of aryl methyl sites for hydroxylation is 2. The Morgan fingerprint density at radius 1 is 1.62 bits per heavy atom. The van der Waals surface area contributed by atoms with Gasteiger partial charge in [-0.15, -0.1) is 11.3 Å². The summed E-state index contributed by atoms with van der Waals surface area (Å²) < 4.78 is 6.79. The number of methoxy groups -OCH3 is 1. The standard InChI is InChI=1S/C14H19N3O3S/c1-9-5-11(20-4)12(21-9)13(18)15-8-14(2,19)10-6-16-17(3)7-10/h5-7,19H,8H2,1-4H3,(H,15,18). The number of carbonyl (C=O) groups excluding carboxylic acids is 1. The summed E-state index contributed by atoms with van der Waals surface area (Å²) in [5.74, 6) is 0.296. The topological polar surface area (TPSA) is 76.4 Å². The highest BCUT2D eigenvalue weighted by Gasteiger charge is 2.26. The average Bonchev–Trinajstić information content (AvgIpc) is 3.02. The van der Waals surface area contributed by atoms with E-state index in [9.17, 15) is 9.90 Å². The van der Waals surface area contributed by atoms with E-state index in [1.165, 1.54) is 18.4 Å². The van der Waals surface area contributed by atoms with E-state index in [-0.39, 0.29) is 12.5 Å². The zero-order chi connectivity index (χ0) is 15.6. The monoisotopic (exact) mass is 309 g/mol. The number of ether oxygens (including phenoxy) is 1. The molecule has 0 aliphatic carbocycles. The fraction of sp³-hybridized carbons (Fsp3) is 0.429. The Balaban J connectivity index is 2.06. The third-order valence-corrected chi connectivity index (χ3v) is 4.20. The average molecular weight is 309 g/mol. The van der Waals surface area contributed by atoms with Crippen molar-refractivity contribution in [2.45, 2.75) is 19.4 Å². The van der Waals surface area contributed by atoms with Crippen LogP contribution in [0.15, 0.2) is 18.5 Å². The molecule has 0 aromatic carbocycles. The molecule has 0 bridgehead atoms. The van der Waals surface area contributed by atoms with Crippen LogP contribution in [0.4, 0.5) is 0 Å². The molecule has 2 aromatic heterocycles. The van der Waals surface area contributed by atoms with Gasteiger partial charge >= 0.3 is 0 Å². The Morgan fingerprint density at radius 3 is 2.90 bits per heavy atom. The number of thiophene rings is 1. The summed E-state index contributed by atoms with van der Waals surface area (Å²) >= 11 is 1.36. The van der Waals surface area contributed by atoms with Gasteiger partial charge in [0.05, 0.1) is 19.9 Å². The minimum absolute atomic E-state index is 0.0949. The molecule has 0 spiro atoms. The normalized spacial score (nSPS) is 13.8. The second-order valence-electron chi connectivity index (χ2n) is 5.11. The quantitative estimate of drug-likeness (QED) is 0.876. The zero-order valence-corrected chi connectivity index (χ0v) is 13.3. The summed E-state index contributed by atoms with van der Waals surface area (Å²) in [6.07, 6.45) is 3.31. The maximum Gasteiger partial charge on any atom is 0.265 e. The number of amides is 1. The SMILES string of the molecule is COc1cc(C)sc1C(=O)NCC(C)(O)c1cnn(C)c1. The molecular weight excluding hydrogens is 290 g/mol. The van der Waals surface area contributed by atoms with Crippen LogP contribution in [0.3, 0.4) is 0 Å². The Morgan fingerprint density at radius 2 is 2.33 bits per heavy atom. The molecule has 2 aromatic rings. The van der Waals surface area contributed by atoms with Crippen molar-refractivity contribution in [2.24, 2.45) is 7.05 Å². The summed E-state index contributed by atoms with van der Waals surface area (Å²) in [5.41, 5.74) is -0.525. The molecule has 0 saturated heterocycles. The molecule has 2 N–H and O–H groups in total. The number of nitrogens with zero attached hydrogens (tertiary/aromatic N) is 2. The van der Waals surface area contributed by atoms with Crippen LogP contribution >= 0.6 is 11.3 Å². The molecular formula is C14H19N3O3S. The molecule has 7 heteroatoms. The smallest absolute Gasteiger partial charge is 0.265 e. The maximum atomic E-state index is 12.2. The van der Waals surface area contributed by atoms with Crippen LogP contribution < -0.4 is 10.1 Å². The summed E-state index contributed by atoms with van der Waals surface area (Å²) in [4.78, 5) is 13.7. The number of aliphatic hydroxyl groups is 1. The number of aromatic nitrogens is 2. The molecule has 0 radical (unpaired) electrons. The number of carbonyl (C=O) groups is 1. The number of nitrogens with one attached hydrogen (secondary N) is 1. The van der Waals surface area contributed by atoms with E-state index in [2.05, 4.69) is 10.4 Å². The maximum absolute atomic E-state index is 12.2. The minimum Gasteiger partial charge on any atom is -0.495 e. The number of hydrogen-bond donors (Lipinski definition) is 2. The van der Waals surface area contributed by atoms with Gasteiger partial charge in [0, 0.05) is 23.7 Å². The lowest BCUT2D eigenvalue weighted by Gasteiger charge is -2.22. The van der Waals surface area contributed by atoms with Gasteiger partial charge in [0.1, 0.15) is 16.2 Å². The fourth-order valence-electron chi connectivity index (χ4n) is 1.93. The first-order valence-electron chi connectivity index (χ1n) is 6.47. The third kappa shape index (κ3) is 3.43. The van der Waals surface area contributed by atoms with Crippen molar-refractivity contribution in [1.82, 2.24) is 15.1 Å². The summed E-state index contributed by atoms with van der Waals surface area (Å²) in [5, 5.41) is 17.2. The Hall–Kier alpha value is -1.86. The van der Waals surface area contributed by atoms with Crippen LogP contribution in [0.2, 0.25) is 0 Å². The van der Waals surface area contributed by atoms with Gasteiger partial charge in [-0.05, 0) is 19.9 Å². The molecule has 0 saturated carbocycles. The number of rotatable bonds is 5. The van der Waals surface area contributed by atoms with Crippen molar-refractivity contribution in [1.29, 1.82) is 0 Å². The van der Waals surface area contributed by atoms with E-state index in [0.717, 1.165) is 4.88 Å². The molecule has 21 heavy (non-hydrogen) atoms. The second-order valence-corrected chi connectivity index (χ2v) is 6.37. The molecule has 6 nitrogen and oxygen atoms in total. The fourth-order valence-corrected chi connectivity index (χ4v) is 2.83. The molecule has 1 amide bonds. The predicted molar refractivity (Wildman–Crippen MR) is 80.7 cm³/mol. The van der Waals surface area contributed by atoms with Crippen molar-refractivity contribution in [3.8, 4) is 5.75 Å². The van der Waals surface area contributed by atoms with Crippen LogP contribution in [-0.2, 0) is 12.6 Å². The third-order valence-electron chi connectivity index (χ3n) is 3.17. The van der Waals surface area contributed by atoms with Crippen molar-refractivity contribution < 1.29 is 14.6 Å². The van der Waals surface area contributed by atoms with Gasteiger partial charge in [0.25, 0.3) is 5.91 Å². The first kappa shape index (κ1) is 15.5. The Labute approximate surface area is 127 Å². The highest BCUT2D eigenvalue weighted by Crippen LogP contribution is 2.28. The summed E-state index contributed by atoms with van der Waals surface area (Å²) in [6, 6.07) is 1.82. The molecule has 1 atom stereocenters. The lowest BCUT2D eigenvalue weighted by Crippen LogP contribution is -2.38. The van der Waals surface area contributed by atoms with Gasteiger partial charge in [-0.2, -0.15) is 5.10 Å². The second kappa shape index (κ2) is 5.87. The van der Waals surface area contributed by atoms with Crippen LogP contribution in [0.25, 0.3) is 0 Å². The van der Waals surface area contributed by atoms with E-state index in [1.54, 1.807) is 31.0 Å². The zero-order valence-electron chi connectivity index (χ0n) is 12.5. The van der Waals surface area contributed by atoms with E-state index in [0.29, 0.717) is 16.2 Å². The first-order valence-corrected chi connectivity index (χ1v) is 7.29. The Kier molecular flexibility index (Phi) is 4.34. The molecule has 0 aliphatic rings. The van der Waals surface area contributed by atoms with E-state index >= 15 is 0 Å². The first-order chi connectivity index (χ1) is 9.83. The minimum atomic E-state index is -1.18. The van der Waals surface area contributed by atoms with Crippen molar-refractivity contribution in [2.75, 3.05) is 13.7 Å². The molecule has 0 aliphatic heterocycles. The molecule has 0 fully saturated rings. The van der Waals surface area contributed by atoms with Gasteiger partial charge in [0.15, 0.2) is 0 Å². The Bertz CT molecular complexity index is 646. The van der Waals surface area contributed by atoms with Crippen molar-refractivity contribution >= 4 is 17.2 Å².